The number of hydrogen-bond acceptors (Lipinski definition) is 3. The van der Waals surface area contributed by atoms with Gasteiger partial charge in [-0.15, -0.1) is 0 Å². The lowest BCUT2D eigenvalue weighted by Crippen LogP contribution is -2.53. The molecule has 0 saturated carbocycles. The van der Waals surface area contributed by atoms with Crippen molar-refractivity contribution in [2.24, 2.45) is 5.73 Å². The summed E-state index contributed by atoms with van der Waals surface area (Å²) in [7, 11) is 1.72. The van der Waals surface area contributed by atoms with Gasteiger partial charge in [0.2, 0.25) is 0 Å². The average Bonchev–Trinajstić information content (AvgIpc) is 2.35. The lowest BCUT2D eigenvalue weighted by atomic mass is 9.88. The highest BCUT2D eigenvalue weighted by Gasteiger charge is 2.32. The van der Waals surface area contributed by atoms with Crippen LogP contribution in [-0.2, 0) is 6.54 Å². The van der Waals surface area contributed by atoms with Gasteiger partial charge in [-0.25, -0.2) is 0 Å². The van der Waals surface area contributed by atoms with Gasteiger partial charge in [0.1, 0.15) is 5.75 Å². The van der Waals surface area contributed by atoms with Crippen LogP contribution in [0, 0.1) is 6.92 Å². The molecule has 1 aliphatic heterocycles. The van der Waals surface area contributed by atoms with E-state index in [1.165, 1.54) is 17.5 Å². The summed E-state index contributed by atoms with van der Waals surface area (Å²) in [6.07, 6.45) is 2.30. The van der Waals surface area contributed by atoms with Gasteiger partial charge in [-0.2, -0.15) is 0 Å². The van der Waals surface area contributed by atoms with E-state index in [1.54, 1.807) is 7.11 Å². The van der Waals surface area contributed by atoms with E-state index >= 15 is 0 Å². The summed E-state index contributed by atoms with van der Waals surface area (Å²) >= 11 is 0. The summed E-state index contributed by atoms with van der Waals surface area (Å²) in [4.78, 5) is 2.50. The van der Waals surface area contributed by atoms with Gasteiger partial charge in [0, 0.05) is 24.7 Å². The second kappa shape index (κ2) is 5.51. The minimum absolute atomic E-state index is 0.240. The van der Waals surface area contributed by atoms with Gasteiger partial charge in [0.15, 0.2) is 0 Å². The predicted octanol–water partition coefficient (Wildman–Crippen LogP) is 2.71. The summed E-state index contributed by atoms with van der Waals surface area (Å²) in [5.74, 6) is 0.957. The molecule has 1 fully saturated rings. The van der Waals surface area contributed by atoms with Crippen molar-refractivity contribution in [2.45, 2.75) is 51.7 Å². The number of aryl methyl sites for hydroxylation is 1. The van der Waals surface area contributed by atoms with Crippen molar-refractivity contribution in [3.05, 3.63) is 29.3 Å². The molecule has 0 aromatic heterocycles. The molecule has 0 bridgehead atoms. The molecule has 1 unspecified atom stereocenters. The van der Waals surface area contributed by atoms with E-state index in [1.807, 2.05) is 0 Å². The van der Waals surface area contributed by atoms with Gasteiger partial charge in [0.05, 0.1) is 7.11 Å². The van der Waals surface area contributed by atoms with Crippen LogP contribution in [0.3, 0.4) is 0 Å². The van der Waals surface area contributed by atoms with Crippen molar-refractivity contribution in [3.8, 4) is 5.75 Å². The van der Waals surface area contributed by atoms with Crippen molar-refractivity contribution < 1.29 is 4.74 Å². The summed E-state index contributed by atoms with van der Waals surface area (Å²) < 4.78 is 5.31. The summed E-state index contributed by atoms with van der Waals surface area (Å²) in [5, 5.41) is 0. The topological polar surface area (TPSA) is 38.5 Å². The molecule has 1 aromatic carbocycles. The predicted molar refractivity (Wildman–Crippen MR) is 79.4 cm³/mol. The average molecular weight is 262 g/mol. The molecule has 2 N–H and O–H groups in total. The van der Waals surface area contributed by atoms with Gasteiger partial charge in [-0.3, -0.25) is 4.90 Å². The Hall–Kier alpha value is -1.06. The van der Waals surface area contributed by atoms with Crippen LogP contribution >= 0.6 is 0 Å². The van der Waals surface area contributed by atoms with Crippen LogP contribution in [0.2, 0.25) is 0 Å². The van der Waals surface area contributed by atoms with Crippen molar-refractivity contribution in [3.63, 3.8) is 0 Å². The Morgan fingerprint density at radius 3 is 2.79 bits per heavy atom. The first-order valence-electron chi connectivity index (χ1n) is 7.06. The van der Waals surface area contributed by atoms with Crippen LogP contribution in [-0.4, -0.2) is 30.1 Å². The number of methoxy groups -OCH3 is 1. The van der Waals surface area contributed by atoms with Crippen molar-refractivity contribution in [1.29, 1.82) is 0 Å². The maximum Gasteiger partial charge on any atom is 0.121 e. The number of ether oxygens (including phenoxy) is 1. The number of rotatable bonds is 3. The number of likely N-dealkylation sites (tertiary alicyclic amines) is 1. The van der Waals surface area contributed by atoms with Crippen LogP contribution in [0.15, 0.2) is 18.2 Å². The first-order valence-corrected chi connectivity index (χ1v) is 7.06. The highest BCUT2D eigenvalue weighted by molar-refractivity contribution is 5.36. The largest absolute Gasteiger partial charge is 0.496 e. The van der Waals surface area contributed by atoms with Gasteiger partial charge < -0.3 is 10.5 Å². The monoisotopic (exact) mass is 262 g/mol. The van der Waals surface area contributed by atoms with Crippen molar-refractivity contribution in [1.82, 2.24) is 4.90 Å². The molecule has 0 radical (unpaired) electrons. The van der Waals surface area contributed by atoms with Crippen molar-refractivity contribution in [2.75, 3.05) is 13.7 Å². The molecule has 1 aromatic rings. The molecule has 3 nitrogen and oxygen atoms in total. The minimum atomic E-state index is 0.240. The fourth-order valence-corrected chi connectivity index (χ4v) is 2.86. The Morgan fingerprint density at radius 1 is 1.42 bits per heavy atom. The number of hydrogen-bond donors (Lipinski definition) is 1. The second-order valence-corrected chi connectivity index (χ2v) is 6.30. The fraction of sp³-hybridized carbons (Fsp3) is 0.625. The Balaban J connectivity index is 2.13. The van der Waals surface area contributed by atoms with E-state index in [2.05, 4.69) is 43.9 Å². The van der Waals surface area contributed by atoms with Crippen LogP contribution in [0.1, 0.15) is 37.8 Å². The van der Waals surface area contributed by atoms with E-state index < -0.39 is 0 Å². The van der Waals surface area contributed by atoms with Gasteiger partial charge in [-0.05, 0) is 50.8 Å². The standard InChI is InChI=1S/C16H26N2O/c1-12-9-13(5-6-15(12)19-4)10-18-11-14(17)7-8-16(18,2)3/h5-6,9,14H,7-8,10-11,17H2,1-4H3. The molecule has 19 heavy (non-hydrogen) atoms. The Bertz CT molecular complexity index is 442. The number of benzene rings is 1. The first-order chi connectivity index (χ1) is 8.92. The molecule has 0 aliphatic carbocycles. The number of nitrogens with two attached hydrogens (primary N) is 1. The molecule has 1 saturated heterocycles. The van der Waals surface area contributed by atoms with Crippen LogP contribution in [0.5, 0.6) is 5.75 Å². The molecular weight excluding hydrogens is 236 g/mol. The van der Waals surface area contributed by atoms with Crippen LogP contribution in [0.25, 0.3) is 0 Å². The fourth-order valence-electron chi connectivity index (χ4n) is 2.86. The first kappa shape index (κ1) is 14.4. The normalized spacial score (nSPS) is 23.3. The van der Waals surface area contributed by atoms with Crippen molar-refractivity contribution >= 4 is 0 Å². The molecule has 1 aliphatic rings. The van der Waals surface area contributed by atoms with Gasteiger partial charge in [-0.1, -0.05) is 12.1 Å². The summed E-state index contributed by atoms with van der Waals surface area (Å²) in [6.45, 7) is 8.67. The summed E-state index contributed by atoms with van der Waals surface area (Å²) in [5.41, 5.74) is 8.88. The van der Waals surface area contributed by atoms with E-state index in [0.29, 0.717) is 6.04 Å². The lowest BCUT2D eigenvalue weighted by molar-refractivity contribution is 0.0585. The Morgan fingerprint density at radius 2 is 2.16 bits per heavy atom. The highest BCUT2D eigenvalue weighted by atomic mass is 16.5. The maximum atomic E-state index is 6.11. The van der Waals surface area contributed by atoms with Crippen LogP contribution in [0.4, 0.5) is 0 Å². The SMILES string of the molecule is COc1ccc(CN2CC(N)CCC2(C)C)cc1C. The quantitative estimate of drug-likeness (QED) is 0.910. The smallest absolute Gasteiger partial charge is 0.121 e. The van der Waals surface area contributed by atoms with E-state index in [9.17, 15) is 0 Å². The molecule has 0 spiro atoms. The lowest BCUT2D eigenvalue weighted by Gasteiger charge is -2.45. The Labute approximate surface area is 116 Å². The number of piperidine rings is 1. The second-order valence-electron chi connectivity index (χ2n) is 6.30. The van der Waals surface area contributed by atoms with E-state index in [0.717, 1.165) is 25.3 Å². The molecule has 1 atom stereocenters. The number of nitrogens with zero attached hydrogens (tertiary/aromatic N) is 1. The zero-order valence-corrected chi connectivity index (χ0v) is 12.6. The third kappa shape index (κ3) is 3.28. The molecular formula is C16H26N2O. The summed E-state index contributed by atoms with van der Waals surface area (Å²) in [6, 6.07) is 6.74. The zero-order valence-electron chi connectivity index (χ0n) is 12.6. The minimum Gasteiger partial charge on any atom is -0.496 e. The van der Waals surface area contributed by atoms with E-state index in [-0.39, 0.29) is 5.54 Å². The van der Waals surface area contributed by atoms with Crippen LogP contribution < -0.4 is 10.5 Å². The third-order valence-corrected chi connectivity index (χ3v) is 4.27. The molecule has 2 rings (SSSR count). The van der Waals surface area contributed by atoms with E-state index in [4.69, 9.17) is 10.5 Å². The molecule has 3 heteroatoms. The Kier molecular flexibility index (Phi) is 4.16. The molecule has 106 valence electrons. The third-order valence-electron chi connectivity index (χ3n) is 4.27. The zero-order chi connectivity index (χ0) is 14.0. The highest BCUT2D eigenvalue weighted by Crippen LogP contribution is 2.29. The van der Waals surface area contributed by atoms with Gasteiger partial charge >= 0.3 is 0 Å². The molecule has 0 amide bonds. The molecule has 1 heterocycles. The van der Waals surface area contributed by atoms with Gasteiger partial charge in [0.25, 0.3) is 0 Å². The maximum absolute atomic E-state index is 6.11.